The molecule has 1 heterocycles. The van der Waals surface area contributed by atoms with E-state index in [4.69, 9.17) is 15.9 Å². The zero-order chi connectivity index (χ0) is 14.0. The van der Waals surface area contributed by atoms with Crippen molar-refractivity contribution in [2.24, 2.45) is 5.73 Å². The van der Waals surface area contributed by atoms with Crippen LogP contribution >= 0.6 is 15.9 Å². The van der Waals surface area contributed by atoms with Gasteiger partial charge in [-0.2, -0.15) is 0 Å². The smallest absolute Gasteiger partial charge is 0.230 e. The van der Waals surface area contributed by atoms with Crippen molar-refractivity contribution in [2.75, 3.05) is 0 Å². The van der Waals surface area contributed by atoms with Gasteiger partial charge in [-0.15, -0.1) is 0 Å². The van der Waals surface area contributed by atoms with E-state index in [9.17, 15) is 0 Å². The van der Waals surface area contributed by atoms with E-state index >= 15 is 0 Å². The van der Waals surface area contributed by atoms with Crippen LogP contribution in [0.3, 0.4) is 0 Å². The van der Waals surface area contributed by atoms with Crippen LogP contribution in [0.4, 0.5) is 0 Å². The Labute approximate surface area is 120 Å². The summed E-state index contributed by atoms with van der Waals surface area (Å²) in [5.41, 5.74) is 7.97. The first-order valence-electron chi connectivity index (χ1n) is 5.73. The number of rotatable bonds is 3. The number of benzene rings is 1. The Hall–Kier alpha value is -1.88. The number of amidine groups is 1. The normalized spacial score (nSPS) is 10.3. The molecule has 19 heavy (non-hydrogen) atoms. The van der Waals surface area contributed by atoms with Crippen LogP contribution in [0.5, 0.6) is 11.6 Å². The van der Waals surface area contributed by atoms with Crippen molar-refractivity contribution in [3.05, 3.63) is 51.6 Å². The third-order valence-electron chi connectivity index (χ3n) is 2.75. The average molecular weight is 320 g/mol. The second-order valence-electron chi connectivity index (χ2n) is 4.23. The summed E-state index contributed by atoms with van der Waals surface area (Å²) >= 11 is 3.40. The molecule has 0 saturated heterocycles. The molecular weight excluding hydrogens is 306 g/mol. The van der Waals surface area contributed by atoms with Crippen LogP contribution in [0.15, 0.2) is 34.9 Å². The molecule has 4 nitrogen and oxygen atoms in total. The lowest BCUT2D eigenvalue weighted by Crippen LogP contribution is -2.15. The molecule has 2 aromatic rings. The van der Waals surface area contributed by atoms with Crippen molar-refractivity contribution in [1.82, 2.24) is 4.98 Å². The Morgan fingerprint density at radius 2 is 2.00 bits per heavy atom. The van der Waals surface area contributed by atoms with Crippen LogP contribution in [0.25, 0.3) is 0 Å². The lowest BCUT2D eigenvalue weighted by atomic mass is 10.1. The molecule has 0 spiro atoms. The summed E-state index contributed by atoms with van der Waals surface area (Å²) in [6.45, 7) is 3.82. The lowest BCUT2D eigenvalue weighted by molar-refractivity contribution is 0.457. The van der Waals surface area contributed by atoms with Crippen molar-refractivity contribution < 1.29 is 4.74 Å². The van der Waals surface area contributed by atoms with E-state index in [2.05, 4.69) is 20.9 Å². The van der Waals surface area contributed by atoms with Crippen LogP contribution in [-0.4, -0.2) is 10.8 Å². The number of hydrogen-bond donors (Lipinski definition) is 2. The van der Waals surface area contributed by atoms with Gasteiger partial charge in [-0.05, 0) is 43.2 Å². The maximum atomic E-state index is 7.63. The summed E-state index contributed by atoms with van der Waals surface area (Å²) in [7, 11) is 0. The number of hydrogen-bond acceptors (Lipinski definition) is 3. The van der Waals surface area contributed by atoms with Crippen molar-refractivity contribution in [3.63, 3.8) is 0 Å². The average Bonchev–Trinajstić information content (AvgIpc) is 2.33. The summed E-state index contributed by atoms with van der Waals surface area (Å²) in [6, 6.07) is 7.56. The van der Waals surface area contributed by atoms with E-state index in [0.717, 1.165) is 15.6 Å². The van der Waals surface area contributed by atoms with E-state index in [0.29, 0.717) is 17.2 Å². The number of pyridine rings is 1. The van der Waals surface area contributed by atoms with Crippen molar-refractivity contribution >= 4 is 21.8 Å². The minimum absolute atomic E-state index is 0.0479. The molecule has 3 N–H and O–H groups in total. The molecule has 5 heteroatoms. The summed E-state index contributed by atoms with van der Waals surface area (Å²) in [5, 5.41) is 7.63. The number of halogens is 1. The fourth-order valence-corrected chi connectivity index (χ4v) is 2.07. The highest BCUT2D eigenvalue weighted by atomic mass is 79.9. The minimum atomic E-state index is -0.0479. The van der Waals surface area contributed by atoms with Gasteiger partial charge >= 0.3 is 0 Å². The van der Waals surface area contributed by atoms with Gasteiger partial charge in [0.1, 0.15) is 11.6 Å². The summed E-state index contributed by atoms with van der Waals surface area (Å²) in [6.07, 6.45) is 1.64. The van der Waals surface area contributed by atoms with Gasteiger partial charge in [0.05, 0.1) is 5.56 Å². The SMILES string of the molecule is Cc1ccc(Br)cc1Oc1nccc(C)c1C(=N)N. The van der Waals surface area contributed by atoms with E-state index in [1.165, 1.54) is 0 Å². The van der Waals surface area contributed by atoms with Gasteiger partial charge < -0.3 is 10.5 Å². The molecule has 0 fully saturated rings. The Kier molecular flexibility index (Phi) is 3.85. The fourth-order valence-electron chi connectivity index (χ4n) is 1.73. The van der Waals surface area contributed by atoms with E-state index < -0.39 is 0 Å². The molecule has 98 valence electrons. The third kappa shape index (κ3) is 2.93. The molecule has 1 aromatic carbocycles. The molecule has 0 bridgehead atoms. The van der Waals surface area contributed by atoms with Crippen LogP contribution in [0, 0.1) is 19.3 Å². The quantitative estimate of drug-likeness (QED) is 0.671. The fraction of sp³-hybridized carbons (Fsp3) is 0.143. The molecule has 0 aliphatic heterocycles. The molecule has 1 aromatic heterocycles. The molecule has 0 aliphatic carbocycles. The predicted octanol–water partition coefficient (Wildman–Crippen LogP) is 3.54. The van der Waals surface area contributed by atoms with Gasteiger partial charge in [0.25, 0.3) is 0 Å². The zero-order valence-corrected chi connectivity index (χ0v) is 12.3. The third-order valence-corrected chi connectivity index (χ3v) is 3.24. The van der Waals surface area contributed by atoms with Gasteiger partial charge in [0, 0.05) is 10.7 Å². The number of nitrogens with zero attached hydrogens (tertiary/aromatic N) is 1. The number of nitrogens with one attached hydrogen (secondary N) is 1. The summed E-state index contributed by atoms with van der Waals surface area (Å²) in [4.78, 5) is 4.17. The molecule has 0 atom stereocenters. The number of nitrogen functional groups attached to an aromatic ring is 1. The number of aryl methyl sites for hydroxylation is 2. The number of nitrogens with two attached hydrogens (primary N) is 1. The van der Waals surface area contributed by atoms with Gasteiger partial charge in [0.15, 0.2) is 0 Å². The van der Waals surface area contributed by atoms with Crippen LogP contribution in [0.1, 0.15) is 16.7 Å². The van der Waals surface area contributed by atoms with Gasteiger partial charge in [-0.3, -0.25) is 5.41 Å². The van der Waals surface area contributed by atoms with Crippen LogP contribution < -0.4 is 10.5 Å². The molecule has 0 saturated carbocycles. The van der Waals surface area contributed by atoms with E-state index in [1.807, 2.05) is 32.0 Å². The topological polar surface area (TPSA) is 72.0 Å². The Morgan fingerprint density at radius 1 is 1.26 bits per heavy atom. The Morgan fingerprint density at radius 3 is 2.68 bits per heavy atom. The molecule has 2 rings (SSSR count). The molecular formula is C14H14BrN3O. The van der Waals surface area contributed by atoms with Crippen LogP contribution in [0.2, 0.25) is 0 Å². The number of ether oxygens (including phenoxy) is 1. The van der Waals surface area contributed by atoms with Gasteiger partial charge in [0.2, 0.25) is 5.88 Å². The molecule has 0 amide bonds. The first kappa shape index (κ1) is 13.5. The highest BCUT2D eigenvalue weighted by Gasteiger charge is 2.13. The highest BCUT2D eigenvalue weighted by molar-refractivity contribution is 9.10. The van der Waals surface area contributed by atoms with Gasteiger partial charge in [-0.25, -0.2) is 4.98 Å². The zero-order valence-electron chi connectivity index (χ0n) is 10.7. The highest BCUT2D eigenvalue weighted by Crippen LogP contribution is 2.29. The Bertz CT molecular complexity index is 641. The molecule has 0 radical (unpaired) electrons. The maximum absolute atomic E-state index is 7.63. The standard InChI is InChI=1S/C14H14BrN3O/c1-8-3-4-10(15)7-11(8)19-14-12(13(16)17)9(2)5-6-18-14/h3-7H,1-2H3,(H3,16,17). The second-order valence-corrected chi connectivity index (χ2v) is 5.15. The van der Waals surface area contributed by atoms with Gasteiger partial charge in [-0.1, -0.05) is 22.0 Å². The maximum Gasteiger partial charge on any atom is 0.230 e. The Balaban J connectivity index is 2.46. The lowest BCUT2D eigenvalue weighted by Gasteiger charge is -2.13. The molecule has 0 unspecified atom stereocenters. The van der Waals surface area contributed by atoms with E-state index in [1.54, 1.807) is 12.3 Å². The largest absolute Gasteiger partial charge is 0.438 e. The van der Waals surface area contributed by atoms with Crippen molar-refractivity contribution in [2.45, 2.75) is 13.8 Å². The first-order valence-corrected chi connectivity index (χ1v) is 6.52. The first-order chi connectivity index (χ1) is 8.99. The van der Waals surface area contributed by atoms with Crippen LogP contribution in [-0.2, 0) is 0 Å². The number of aromatic nitrogens is 1. The van der Waals surface area contributed by atoms with Crippen molar-refractivity contribution in [3.8, 4) is 11.6 Å². The predicted molar refractivity (Wildman–Crippen MR) is 78.9 cm³/mol. The molecule has 0 aliphatic rings. The summed E-state index contributed by atoms with van der Waals surface area (Å²) < 4.78 is 6.72. The van der Waals surface area contributed by atoms with E-state index in [-0.39, 0.29) is 5.84 Å². The van der Waals surface area contributed by atoms with Crippen molar-refractivity contribution in [1.29, 1.82) is 5.41 Å². The summed E-state index contributed by atoms with van der Waals surface area (Å²) in [5.74, 6) is 0.997. The second kappa shape index (κ2) is 5.40. The monoisotopic (exact) mass is 319 g/mol. The minimum Gasteiger partial charge on any atom is -0.438 e.